The summed E-state index contributed by atoms with van der Waals surface area (Å²) in [5.74, 6) is 0.0900. The quantitative estimate of drug-likeness (QED) is 0.468. The third kappa shape index (κ3) is 3.10. The molecule has 3 aromatic rings. The van der Waals surface area contributed by atoms with Gasteiger partial charge in [-0.2, -0.15) is 0 Å². The number of aryl methyl sites for hydroxylation is 1. The summed E-state index contributed by atoms with van der Waals surface area (Å²) in [7, 11) is 0. The molecule has 2 N–H and O–H groups in total. The maximum atomic E-state index is 13.6. The van der Waals surface area contributed by atoms with E-state index in [2.05, 4.69) is 6.58 Å². The predicted molar refractivity (Wildman–Crippen MR) is 118 cm³/mol. The summed E-state index contributed by atoms with van der Waals surface area (Å²) in [5, 5.41) is 22.3. The molecule has 30 heavy (non-hydrogen) atoms. The molecule has 0 amide bonds. The van der Waals surface area contributed by atoms with Gasteiger partial charge in [-0.1, -0.05) is 29.9 Å². The van der Waals surface area contributed by atoms with Gasteiger partial charge in [0, 0.05) is 11.5 Å². The number of phenols is 1. The van der Waals surface area contributed by atoms with Gasteiger partial charge in [0.15, 0.2) is 0 Å². The van der Waals surface area contributed by atoms with Gasteiger partial charge in [0.1, 0.15) is 28.1 Å². The number of benzene rings is 2. The monoisotopic (exact) mass is 406 g/mol. The Morgan fingerprint density at radius 3 is 2.63 bits per heavy atom. The normalized spacial score (nSPS) is 18.2. The van der Waals surface area contributed by atoms with E-state index in [0.717, 1.165) is 16.7 Å². The molecular formula is C25H26O5. The molecule has 1 aliphatic rings. The minimum Gasteiger partial charge on any atom is -0.507 e. The maximum absolute atomic E-state index is 13.6. The van der Waals surface area contributed by atoms with E-state index >= 15 is 0 Å². The standard InChI is InChI=1S/C25H26O5/c1-12(2)6-7-15-8-9-17-20(22(15)26)24(28)19-18(30-17)10-14(5)25-21(19)23(27)16(11-29-25)13(3)4/h6,8-10,16,23,26-27H,3,7,11H2,1-2,4-5H3/t16-,23-/m1/s1. The average Bonchev–Trinajstić information content (AvgIpc) is 2.67. The Balaban J connectivity index is 2.07. The molecule has 0 spiro atoms. The second-order valence-corrected chi connectivity index (χ2v) is 8.38. The number of ether oxygens (including phenoxy) is 1. The minimum atomic E-state index is -0.940. The lowest BCUT2D eigenvalue weighted by Crippen LogP contribution is -2.28. The lowest BCUT2D eigenvalue weighted by Gasteiger charge is -2.32. The molecule has 0 radical (unpaired) electrons. The van der Waals surface area contributed by atoms with Gasteiger partial charge in [-0.3, -0.25) is 4.79 Å². The molecule has 1 aliphatic heterocycles. The van der Waals surface area contributed by atoms with Crippen molar-refractivity contribution in [2.75, 3.05) is 6.61 Å². The van der Waals surface area contributed by atoms with Crippen LogP contribution in [0.15, 0.2) is 51.2 Å². The molecule has 156 valence electrons. The van der Waals surface area contributed by atoms with Crippen LogP contribution in [0.5, 0.6) is 11.5 Å². The molecule has 4 rings (SSSR count). The molecule has 5 nitrogen and oxygen atoms in total. The van der Waals surface area contributed by atoms with Crippen LogP contribution in [0, 0.1) is 12.8 Å². The summed E-state index contributed by atoms with van der Waals surface area (Å²) in [5.41, 5.74) is 4.04. The first kappa shape index (κ1) is 20.2. The highest BCUT2D eigenvalue weighted by Crippen LogP contribution is 2.44. The number of hydrogen-bond acceptors (Lipinski definition) is 5. The lowest BCUT2D eigenvalue weighted by atomic mass is 9.85. The van der Waals surface area contributed by atoms with E-state index in [9.17, 15) is 15.0 Å². The summed E-state index contributed by atoms with van der Waals surface area (Å²) in [6.07, 6.45) is 1.56. The Morgan fingerprint density at radius 1 is 1.23 bits per heavy atom. The molecule has 2 aromatic carbocycles. The van der Waals surface area contributed by atoms with Crippen LogP contribution in [-0.4, -0.2) is 16.8 Å². The zero-order valence-electron chi connectivity index (χ0n) is 17.7. The van der Waals surface area contributed by atoms with Crippen molar-refractivity contribution in [3.63, 3.8) is 0 Å². The Labute approximate surface area is 174 Å². The van der Waals surface area contributed by atoms with Gasteiger partial charge in [-0.05, 0) is 57.4 Å². The zero-order valence-corrected chi connectivity index (χ0v) is 17.7. The third-order valence-corrected chi connectivity index (χ3v) is 5.81. The van der Waals surface area contributed by atoms with E-state index in [1.54, 1.807) is 18.2 Å². The first-order chi connectivity index (χ1) is 14.2. The van der Waals surface area contributed by atoms with Crippen LogP contribution in [0.2, 0.25) is 0 Å². The number of phenolic OH excluding ortho intramolecular Hbond substituents is 1. The molecule has 2 heterocycles. The number of allylic oxidation sites excluding steroid dienone is 2. The van der Waals surface area contributed by atoms with E-state index < -0.39 is 6.10 Å². The molecule has 0 fully saturated rings. The van der Waals surface area contributed by atoms with Gasteiger partial charge < -0.3 is 19.4 Å². The fraction of sp³-hybridized carbons (Fsp3) is 0.320. The third-order valence-electron chi connectivity index (χ3n) is 5.81. The van der Waals surface area contributed by atoms with Crippen LogP contribution in [-0.2, 0) is 6.42 Å². The van der Waals surface area contributed by atoms with E-state index in [1.165, 1.54) is 0 Å². The molecule has 1 aromatic heterocycles. The van der Waals surface area contributed by atoms with Crippen molar-refractivity contribution < 1.29 is 19.4 Å². The second-order valence-electron chi connectivity index (χ2n) is 8.38. The van der Waals surface area contributed by atoms with Gasteiger partial charge in [0.25, 0.3) is 0 Å². The number of aromatic hydroxyl groups is 1. The smallest absolute Gasteiger partial charge is 0.204 e. The molecule has 0 saturated heterocycles. The Bertz CT molecular complexity index is 1270. The largest absolute Gasteiger partial charge is 0.507 e. The van der Waals surface area contributed by atoms with Gasteiger partial charge in [-0.25, -0.2) is 0 Å². The topological polar surface area (TPSA) is 79.9 Å². The number of rotatable bonds is 3. The summed E-state index contributed by atoms with van der Waals surface area (Å²) < 4.78 is 11.9. The van der Waals surface area contributed by atoms with E-state index in [4.69, 9.17) is 9.15 Å². The van der Waals surface area contributed by atoms with Crippen molar-refractivity contribution in [1.29, 1.82) is 0 Å². The Morgan fingerprint density at radius 2 is 1.97 bits per heavy atom. The van der Waals surface area contributed by atoms with Crippen molar-refractivity contribution in [3.05, 3.63) is 68.9 Å². The van der Waals surface area contributed by atoms with Gasteiger partial charge in [0.05, 0.1) is 18.1 Å². The summed E-state index contributed by atoms with van der Waals surface area (Å²) >= 11 is 0. The van der Waals surface area contributed by atoms with Crippen molar-refractivity contribution in [1.82, 2.24) is 0 Å². The molecule has 0 unspecified atom stereocenters. The molecule has 5 heteroatoms. The van der Waals surface area contributed by atoms with E-state index in [-0.39, 0.29) is 27.9 Å². The number of fused-ring (bicyclic) bond motifs is 4. The Hall–Kier alpha value is -3.05. The van der Waals surface area contributed by atoms with Gasteiger partial charge >= 0.3 is 0 Å². The molecule has 0 saturated carbocycles. The minimum absolute atomic E-state index is 0.0855. The average molecular weight is 406 g/mol. The number of aliphatic hydroxyl groups excluding tert-OH is 1. The van der Waals surface area contributed by atoms with Crippen LogP contribution in [0.25, 0.3) is 21.9 Å². The van der Waals surface area contributed by atoms with Crippen LogP contribution >= 0.6 is 0 Å². The second kappa shape index (κ2) is 7.33. The zero-order chi connectivity index (χ0) is 21.7. The van der Waals surface area contributed by atoms with Crippen LogP contribution in [0.4, 0.5) is 0 Å². The molecule has 0 bridgehead atoms. The first-order valence-corrected chi connectivity index (χ1v) is 10.0. The SMILES string of the molecule is C=C(C)[C@H]1COc2c(C)cc3oc4ccc(CC=C(C)C)c(O)c4c(=O)c3c2[C@@H]1O. The van der Waals surface area contributed by atoms with Crippen LogP contribution in [0.3, 0.4) is 0 Å². The van der Waals surface area contributed by atoms with E-state index in [1.807, 2.05) is 33.8 Å². The summed E-state index contributed by atoms with van der Waals surface area (Å²) in [6.45, 7) is 11.9. The van der Waals surface area contributed by atoms with Crippen molar-refractivity contribution in [2.24, 2.45) is 5.92 Å². The number of hydrogen-bond donors (Lipinski definition) is 2. The van der Waals surface area contributed by atoms with Crippen molar-refractivity contribution in [3.8, 4) is 11.5 Å². The van der Waals surface area contributed by atoms with Gasteiger partial charge in [-0.15, -0.1) is 0 Å². The van der Waals surface area contributed by atoms with E-state index in [0.29, 0.717) is 41.1 Å². The predicted octanol–water partition coefficient (Wildman–Crippen LogP) is 5.09. The first-order valence-electron chi connectivity index (χ1n) is 10.0. The highest BCUT2D eigenvalue weighted by atomic mass is 16.5. The lowest BCUT2D eigenvalue weighted by molar-refractivity contribution is 0.0701. The van der Waals surface area contributed by atoms with Crippen LogP contribution in [0.1, 0.15) is 43.6 Å². The highest BCUT2D eigenvalue weighted by molar-refractivity contribution is 5.96. The summed E-state index contributed by atoms with van der Waals surface area (Å²) in [6, 6.07) is 5.23. The van der Waals surface area contributed by atoms with Crippen molar-refractivity contribution in [2.45, 2.75) is 40.2 Å². The number of aliphatic hydroxyl groups is 1. The molecular weight excluding hydrogens is 380 g/mol. The summed E-state index contributed by atoms with van der Waals surface area (Å²) in [4.78, 5) is 13.6. The van der Waals surface area contributed by atoms with Gasteiger partial charge in [0.2, 0.25) is 5.43 Å². The fourth-order valence-corrected chi connectivity index (χ4v) is 4.10. The maximum Gasteiger partial charge on any atom is 0.204 e. The molecule has 2 atom stereocenters. The highest BCUT2D eigenvalue weighted by Gasteiger charge is 2.34. The Kier molecular flexibility index (Phi) is 4.94. The fourth-order valence-electron chi connectivity index (χ4n) is 4.10. The molecule has 0 aliphatic carbocycles. The van der Waals surface area contributed by atoms with Crippen LogP contribution < -0.4 is 10.2 Å². The van der Waals surface area contributed by atoms with Crippen molar-refractivity contribution >= 4 is 21.9 Å².